The largest absolute Gasteiger partial charge is 0.0840 e. The fourth-order valence-electron chi connectivity index (χ4n) is 4.32. The van der Waals surface area contributed by atoms with E-state index in [1.165, 1.54) is 41.5 Å². The lowest BCUT2D eigenvalue weighted by molar-refractivity contribution is 0.268. The molecule has 2 aromatic carbocycles. The lowest BCUT2D eigenvalue weighted by atomic mass is 9.74. The van der Waals surface area contributed by atoms with E-state index in [9.17, 15) is 0 Å². The molecule has 24 heavy (non-hydrogen) atoms. The minimum absolute atomic E-state index is 0.697. The SMILES string of the molecule is CCc1ccc(Cc2cc(C3CC(C)CC(C)C3)ccc2Cl)cc1. The maximum absolute atomic E-state index is 6.50. The zero-order valence-corrected chi connectivity index (χ0v) is 15.9. The Kier molecular flexibility index (Phi) is 5.66. The fourth-order valence-corrected chi connectivity index (χ4v) is 4.50. The van der Waals surface area contributed by atoms with Gasteiger partial charge in [-0.25, -0.2) is 0 Å². The van der Waals surface area contributed by atoms with Crippen LogP contribution in [-0.4, -0.2) is 0 Å². The number of aryl methyl sites for hydroxylation is 1. The van der Waals surface area contributed by atoms with Gasteiger partial charge in [0.2, 0.25) is 0 Å². The monoisotopic (exact) mass is 340 g/mol. The summed E-state index contributed by atoms with van der Waals surface area (Å²) in [5.41, 5.74) is 5.49. The van der Waals surface area contributed by atoms with Crippen LogP contribution in [0.25, 0.3) is 0 Å². The van der Waals surface area contributed by atoms with Crippen LogP contribution >= 0.6 is 11.6 Å². The third kappa shape index (κ3) is 4.22. The minimum Gasteiger partial charge on any atom is -0.0840 e. The molecule has 1 saturated carbocycles. The molecule has 0 bridgehead atoms. The van der Waals surface area contributed by atoms with Crippen LogP contribution in [0.4, 0.5) is 0 Å². The van der Waals surface area contributed by atoms with E-state index in [2.05, 4.69) is 63.2 Å². The molecule has 0 saturated heterocycles. The quantitative estimate of drug-likeness (QED) is 0.560. The van der Waals surface area contributed by atoms with E-state index in [1.807, 2.05) is 0 Å². The molecule has 0 N–H and O–H groups in total. The first kappa shape index (κ1) is 17.5. The average Bonchev–Trinajstić information content (AvgIpc) is 2.56. The molecule has 1 aliphatic carbocycles. The molecule has 0 nitrogen and oxygen atoms in total. The second-order valence-electron chi connectivity index (χ2n) is 7.81. The molecule has 2 aromatic rings. The van der Waals surface area contributed by atoms with Crippen molar-refractivity contribution in [2.75, 3.05) is 0 Å². The van der Waals surface area contributed by atoms with Gasteiger partial charge in [-0.15, -0.1) is 0 Å². The smallest absolute Gasteiger partial charge is 0.0441 e. The molecule has 0 aliphatic heterocycles. The standard InChI is InChI=1S/C23H29Cl/c1-4-18-5-7-19(8-6-18)14-22-15-20(9-10-23(22)24)21-12-16(2)11-17(3)13-21/h5-10,15-17,21H,4,11-14H2,1-3H3. The van der Waals surface area contributed by atoms with Crippen molar-refractivity contribution in [1.29, 1.82) is 0 Å². The topological polar surface area (TPSA) is 0 Å². The summed E-state index contributed by atoms with van der Waals surface area (Å²) >= 11 is 6.50. The highest BCUT2D eigenvalue weighted by Gasteiger charge is 2.25. The highest BCUT2D eigenvalue weighted by molar-refractivity contribution is 6.31. The van der Waals surface area contributed by atoms with Gasteiger partial charge in [0.15, 0.2) is 0 Å². The van der Waals surface area contributed by atoms with Crippen LogP contribution in [-0.2, 0) is 12.8 Å². The van der Waals surface area contributed by atoms with Crippen molar-refractivity contribution in [2.24, 2.45) is 11.8 Å². The summed E-state index contributed by atoms with van der Waals surface area (Å²) < 4.78 is 0. The molecule has 2 atom stereocenters. The van der Waals surface area contributed by atoms with Crippen LogP contribution in [0.2, 0.25) is 5.02 Å². The first-order valence-electron chi connectivity index (χ1n) is 9.41. The van der Waals surface area contributed by atoms with Crippen molar-refractivity contribution in [3.8, 4) is 0 Å². The zero-order valence-electron chi connectivity index (χ0n) is 15.2. The third-order valence-corrected chi connectivity index (χ3v) is 5.91. The normalized spacial score (nSPS) is 24.1. The Balaban J connectivity index is 1.80. The van der Waals surface area contributed by atoms with Gasteiger partial charge in [-0.2, -0.15) is 0 Å². The minimum atomic E-state index is 0.697. The maximum atomic E-state index is 6.50. The van der Waals surface area contributed by atoms with E-state index in [0.29, 0.717) is 5.92 Å². The number of benzene rings is 2. The van der Waals surface area contributed by atoms with Crippen molar-refractivity contribution in [3.63, 3.8) is 0 Å². The lowest BCUT2D eigenvalue weighted by Crippen LogP contribution is -2.18. The van der Waals surface area contributed by atoms with Crippen molar-refractivity contribution in [2.45, 2.75) is 58.8 Å². The predicted molar refractivity (Wildman–Crippen MR) is 105 cm³/mol. The van der Waals surface area contributed by atoms with Crippen LogP contribution in [0.3, 0.4) is 0 Å². The second kappa shape index (κ2) is 7.74. The van der Waals surface area contributed by atoms with Gasteiger partial charge in [-0.1, -0.05) is 68.8 Å². The summed E-state index contributed by atoms with van der Waals surface area (Å²) in [6.45, 7) is 6.99. The van der Waals surface area contributed by atoms with Crippen LogP contribution in [0.15, 0.2) is 42.5 Å². The highest BCUT2D eigenvalue weighted by Crippen LogP contribution is 2.40. The van der Waals surface area contributed by atoms with Crippen molar-refractivity contribution >= 4 is 11.6 Å². The summed E-state index contributed by atoms with van der Waals surface area (Å²) in [6, 6.07) is 15.7. The van der Waals surface area contributed by atoms with Gasteiger partial charge in [-0.3, -0.25) is 0 Å². The molecular weight excluding hydrogens is 312 g/mol. The summed E-state index contributed by atoms with van der Waals surface area (Å²) in [7, 11) is 0. The Morgan fingerprint density at radius 2 is 1.50 bits per heavy atom. The van der Waals surface area contributed by atoms with Gasteiger partial charge in [-0.05, 0) is 78.2 Å². The van der Waals surface area contributed by atoms with Gasteiger partial charge >= 0.3 is 0 Å². The number of hydrogen-bond donors (Lipinski definition) is 0. The lowest BCUT2D eigenvalue weighted by Gasteiger charge is -2.32. The summed E-state index contributed by atoms with van der Waals surface area (Å²) in [6.07, 6.45) is 6.02. The van der Waals surface area contributed by atoms with Crippen LogP contribution in [0, 0.1) is 11.8 Å². The summed E-state index contributed by atoms with van der Waals surface area (Å²) in [5, 5.41) is 0.898. The van der Waals surface area contributed by atoms with Gasteiger partial charge < -0.3 is 0 Å². The highest BCUT2D eigenvalue weighted by atomic mass is 35.5. The Bertz CT molecular complexity index is 661. The van der Waals surface area contributed by atoms with Gasteiger partial charge in [0.25, 0.3) is 0 Å². The molecule has 1 aliphatic rings. The van der Waals surface area contributed by atoms with E-state index in [0.717, 1.165) is 29.7 Å². The molecule has 128 valence electrons. The van der Waals surface area contributed by atoms with E-state index < -0.39 is 0 Å². The molecule has 0 heterocycles. The average molecular weight is 341 g/mol. The van der Waals surface area contributed by atoms with Crippen molar-refractivity contribution < 1.29 is 0 Å². The first-order chi connectivity index (χ1) is 11.5. The van der Waals surface area contributed by atoms with E-state index in [1.54, 1.807) is 0 Å². The number of hydrogen-bond acceptors (Lipinski definition) is 0. The summed E-state index contributed by atoms with van der Waals surface area (Å²) in [5.74, 6) is 2.36. The molecule has 1 fully saturated rings. The Morgan fingerprint density at radius 1 is 0.875 bits per heavy atom. The number of rotatable bonds is 4. The maximum Gasteiger partial charge on any atom is 0.0441 e. The van der Waals surface area contributed by atoms with Gasteiger partial charge in [0.1, 0.15) is 0 Å². The molecular formula is C23H29Cl. The fraction of sp³-hybridized carbons (Fsp3) is 0.478. The zero-order chi connectivity index (χ0) is 17.1. The van der Waals surface area contributed by atoms with Crippen molar-refractivity contribution in [1.82, 2.24) is 0 Å². The van der Waals surface area contributed by atoms with Gasteiger partial charge in [0, 0.05) is 5.02 Å². The van der Waals surface area contributed by atoms with Crippen LogP contribution in [0.5, 0.6) is 0 Å². The second-order valence-corrected chi connectivity index (χ2v) is 8.22. The Morgan fingerprint density at radius 3 is 2.12 bits per heavy atom. The van der Waals surface area contributed by atoms with E-state index >= 15 is 0 Å². The molecule has 0 spiro atoms. The molecule has 0 amide bonds. The van der Waals surface area contributed by atoms with Gasteiger partial charge in [0.05, 0.1) is 0 Å². The molecule has 3 rings (SSSR count). The molecule has 2 unspecified atom stereocenters. The predicted octanol–water partition coefficient (Wildman–Crippen LogP) is 7.03. The summed E-state index contributed by atoms with van der Waals surface area (Å²) in [4.78, 5) is 0. The van der Waals surface area contributed by atoms with Crippen LogP contribution in [0.1, 0.15) is 68.2 Å². The molecule has 0 aromatic heterocycles. The third-order valence-electron chi connectivity index (χ3n) is 5.55. The first-order valence-corrected chi connectivity index (χ1v) is 9.79. The van der Waals surface area contributed by atoms with E-state index in [4.69, 9.17) is 11.6 Å². The molecule has 0 radical (unpaired) electrons. The van der Waals surface area contributed by atoms with Crippen molar-refractivity contribution in [3.05, 3.63) is 69.7 Å². The Hall–Kier alpha value is -1.27. The number of halogens is 1. The van der Waals surface area contributed by atoms with E-state index in [-0.39, 0.29) is 0 Å². The van der Waals surface area contributed by atoms with Crippen LogP contribution < -0.4 is 0 Å². The Labute approximate surface area is 152 Å². The molecule has 1 heteroatoms.